The highest BCUT2D eigenvalue weighted by molar-refractivity contribution is 7.89. The van der Waals surface area contributed by atoms with Gasteiger partial charge in [0.15, 0.2) is 0 Å². The van der Waals surface area contributed by atoms with Crippen LogP contribution < -0.4 is 5.43 Å². The van der Waals surface area contributed by atoms with E-state index in [0.29, 0.717) is 0 Å². The molecule has 5 nitrogen and oxygen atoms in total. The summed E-state index contributed by atoms with van der Waals surface area (Å²) < 4.78 is 26.2. The zero-order valence-electron chi connectivity index (χ0n) is 8.01. The van der Waals surface area contributed by atoms with Crippen molar-refractivity contribution in [2.75, 3.05) is 0 Å². The van der Waals surface area contributed by atoms with Crippen LogP contribution in [-0.4, -0.2) is 13.6 Å². The van der Waals surface area contributed by atoms with Crippen LogP contribution >= 0.6 is 0 Å². The van der Waals surface area contributed by atoms with E-state index in [2.05, 4.69) is 10.5 Å². The summed E-state index contributed by atoms with van der Waals surface area (Å²) in [5.41, 5.74) is 4.58. The molecular formula is C9H10N2O3S. The number of nitrogens with zero attached hydrogens (tertiary/aromatic N) is 1. The lowest BCUT2D eigenvalue weighted by Crippen LogP contribution is -2.12. The minimum absolute atomic E-state index is 0.268. The quantitative estimate of drug-likeness (QED) is 0.684. The zero-order valence-corrected chi connectivity index (χ0v) is 8.90. The molecule has 0 radical (unpaired) electrons. The summed E-state index contributed by atoms with van der Waals surface area (Å²) in [6, 6.07) is 7.58. The predicted octanol–water partition coefficient (Wildman–Crippen LogP) is 0.496. The van der Waals surface area contributed by atoms with Gasteiger partial charge >= 0.3 is 5.23 Å². The van der Waals surface area contributed by atoms with Crippen LogP contribution in [0.1, 0.15) is 17.4 Å². The molecule has 2 rings (SSSR count). The number of nitrogens with one attached hydrogen (secondary N) is 1. The van der Waals surface area contributed by atoms with E-state index in [0.717, 1.165) is 11.1 Å². The molecule has 1 aliphatic heterocycles. The Hall–Kier alpha value is -1.56. The molecule has 1 aromatic carbocycles. The molecule has 6 heteroatoms. The van der Waals surface area contributed by atoms with Crippen LogP contribution in [0, 0.1) is 6.92 Å². The molecule has 1 aromatic rings. The number of ether oxygens (including phenoxy) is 1. The average molecular weight is 226 g/mol. The monoisotopic (exact) mass is 226 g/mol. The van der Waals surface area contributed by atoms with Gasteiger partial charge in [0.25, 0.3) is 0 Å². The van der Waals surface area contributed by atoms with E-state index in [1.165, 1.54) is 0 Å². The normalized spacial score (nSPS) is 19.6. The summed E-state index contributed by atoms with van der Waals surface area (Å²) in [6.07, 6.45) is -0.506. The molecule has 0 spiro atoms. The maximum absolute atomic E-state index is 10.6. The molecule has 0 saturated carbocycles. The third-order valence-electron chi connectivity index (χ3n) is 2.04. The number of aryl methyl sites for hydroxylation is 1. The minimum Gasteiger partial charge on any atom is -0.439 e. The Morgan fingerprint density at radius 1 is 1.33 bits per heavy atom. The van der Waals surface area contributed by atoms with Gasteiger partial charge in [0.2, 0.25) is 16.9 Å². The molecule has 1 atom stereocenters. The molecule has 0 bridgehead atoms. The van der Waals surface area contributed by atoms with Gasteiger partial charge in [-0.25, -0.2) is 8.42 Å². The fraction of sp³-hybridized carbons (Fsp3) is 0.222. The second-order valence-corrected chi connectivity index (χ2v) is 4.09. The fourth-order valence-electron chi connectivity index (χ4n) is 1.24. The number of rotatable bonds is 1. The lowest BCUT2D eigenvalue weighted by molar-refractivity contribution is 0.195. The van der Waals surface area contributed by atoms with Gasteiger partial charge in [0.05, 0.1) is 0 Å². The second-order valence-electron chi connectivity index (χ2n) is 3.19. The molecular weight excluding hydrogens is 216 g/mol. The third kappa shape index (κ3) is 2.10. The predicted molar refractivity (Wildman–Crippen MR) is 55.9 cm³/mol. The summed E-state index contributed by atoms with van der Waals surface area (Å²) in [6.45, 7) is 1.98. The van der Waals surface area contributed by atoms with Crippen LogP contribution in [0.3, 0.4) is 0 Å². The Morgan fingerprint density at radius 2 is 2.00 bits per heavy atom. The molecule has 80 valence electrons. The Kier molecular flexibility index (Phi) is 2.59. The first kappa shape index (κ1) is 9.97. The summed E-state index contributed by atoms with van der Waals surface area (Å²) >= 11 is 0. The first-order chi connectivity index (χ1) is 7.16. The van der Waals surface area contributed by atoms with Crippen molar-refractivity contribution in [3.63, 3.8) is 0 Å². The summed E-state index contributed by atoms with van der Waals surface area (Å²) in [5.74, 6) is 0. The van der Waals surface area contributed by atoms with E-state index in [9.17, 15) is 8.42 Å². The van der Waals surface area contributed by atoms with Gasteiger partial charge in [0.1, 0.15) is 0 Å². The van der Waals surface area contributed by atoms with E-state index in [-0.39, 0.29) is 5.23 Å². The Labute approximate surface area is 88.7 Å². The molecule has 1 aliphatic rings. The fourth-order valence-corrected chi connectivity index (χ4v) is 1.57. The minimum atomic E-state index is -2.76. The maximum Gasteiger partial charge on any atom is 0.325 e. The highest BCUT2D eigenvalue weighted by Crippen LogP contribution is 2.19. The van der Waals surface area contributed by atoms with Gasteiger partial charge in [-0.15, -0.1) is 5.10 Å². The van der Waals surface area contributed by atoms with E-state index in [4.69, 9.17) is 4.74 Å². The van der Waals surface area contributed by atoms with E-state index >= 15 is 0 Å². The van der Waals surface area contributed by atoms with E-state index in [1.807, 2.05) is 31.2 Å². The Bertz CT molecular complexity index is 457. The highest BCUT2D eigenvalue weighted by atomic mass is 32.2. The molecule has 1 N–H and O–H groups in total. The molecule has 0 fully saturated rings. The summed E-state index contributed by atoms with van der Waals surface area (Å²) in [7, 11) is -2.76. The van der Waals surface area contributed by atoms with E-state index in [1.54, 1.807) is 0 Å². The first-order valence-corrected chi connectivity index (χ1v) is 5.55. The maximum atomic E-state index is 10.6. The van der Waals surface area contributed by atoms with Crippen molar-refractivity contribution in [3.05, 3.63) is 35.4 Å². The summed E-state index contributed by atoms with van der Waals surface area (Å²) in [5, 5.41) is 3.30. The molecule has 0 amide bonds. The number of benzene rings is 1. The van der Waals surface area contributed by atoms with Crippen LogP contribution in [0.2, 0.25) is 0 Å². The van der Waals surface area contributed by atoms with E-state index < -0.39 is 16.9 Å². The topological polar surface area (TPSA) is 67.8 Å². The highest BCUT2D eigenvalue weighted by Gasteiger charge is 2.22. The van der Waals surface area contributed by atoms with Gasteiger partial charge in [-0.3, -0.25) is 5.43 Å². The lowest BCUT2D eigenvalue weighted by Gasteiger charge is -2.09. The molecule has 1 heterocycles. The van der Waals surface area contributed by atoms with Gasteiger partial charge in [-0.2, -0.15) is 0 Å². The molecule has 0 aliphatic carbocycles. The number of hydrogen-bond donors (Lipinski definition) is 2. The number of hydrazone groups is 1. The molecule has 0 aromatic heterocycles. The second kappa shape index (κ2) is 3.90. The van der Waals surface area contributed by atoms with Crippen molar-refractivity contribution in [2.24, 2.45) is 5.10 Å². The standard InChI is InChI=1S/C9H10N2O3S/c1-6-2-4-7(5-3-6)8-10-11-9(14-8)15(12)13/h2-5,8,10,15H,1H3. The number of thiol groups is 1. The van der Waals surface area contributed by atoms with Crippen LogP contribution in [0.25, 0.3) is 0 Å². The van der Waals surface area contributed by atoms with Gasteiger partial charge in [-0.05, 0) is 6.92 Å². The van der Waals surface area contributed by atoms with Crippen molar-refractivity contribution < 1.29 is 13.2 Å². The van der Waals surface area contributed by atoms with Gasteiger partial charge in [0, 0.05) is 5.56 Å². The smallest absolute Gasteiger partial charge is 0.325 e. The SMILES string of the molecule is Cc1ccc(C2NN=C([SH](=O)=O)O2)cc1. The average Bonchev–Trinajstić information content (AvgIpc) is 2.68. The number of hydrogen-bond acceptors (Lipinski definition) is 5. The van der Waals surface area contributed by atoms with Crippen molar-refractivity contribution in [2.45, 2.75) is 13.2 Å². The van der Waals surface area contributed by atoms with Crippen molar-refractivity contribution in [3.8, 4) is 0 Å². The zero-order chi connectivity index (χ0) is 10.8. The first-order valence-electron chi connectivity index (χ1n) is 4.37. The van der Waals surface area contributed by atoms with Crippen LogP contribution in [0.5, 0.6) is 0 Å². The van der Waals surface area contributed by atoms with Crippen molar-refractivity contribution in [1.82, 2.24) is 5.43 Å². The molecule has 15 heavy (non-hydrogen) atoms. The van der Waals surface area contributed by atoms with Crippen molar-refractivity contribution in [1.29, 1.82) is 0 Å². The molecule has 1 unspecified atom stereocenters. The lowest BCUT2D eigenvalue weighted by atomic mass is 10.1. The van der Waals surface area contributed by atoms with Crippen LogP contribution in [-0.2, 0) is 15.4 Å². The third-order valence-corrected chi connectivity index (χ3v) is 2.55. The molecule has 0 saturated heterocycles. The Balaban J connectivity index is 2.13. The van der Waals surface area contributed by atoms with Crippen LogP contribution in [0.15, 0.2) is 29.4 Å². The van der Waals surface area contributed by atoms with Crippen molar-refractivity contribution >= 4 is 15.9 Å². The largest absolute Gasteiger partial charge is 0.439 e. The van der Waals surface area contributed by atoms with Crippen LogP contribution in [0.4, 0.5) is 0 Å². The van der Waals surface area contributed by atoms with Gasteiger partial charge < -0.3 is 4.74 Å². The Morgan fingerprint density at radius 3 is 2.53 bits per heavy atom. The van der Waals surface area contributed by atoms with Gasteiger partial charge in [-0.1, -0.05) is 29.8 Å². The summed E-state index contributed by atoms with van der Waals surface area (Å²) in [4.78, 5) is 0.